The number of aliphatic imine (C=N–C) groups is 1. The number of rotatable bonds is 7. The number of anilines is 1. The molecule has 0 saturated carbocycles. The smallest absolute Gasteiger partial charge is 0.243 e. The van der Waals surface area contributed by atoms with E-state index in [1.807, 2.05) is 12.1 Å². The highest BCUT2D eigenvalue weighted by Crippen LogP contribution is 2.15. The first-order valence-corrected chi connectivity index (χ1v) is 9.19. The fourth-order valence-electron chi connectivity index (χ4n) is 2.91. The van der Waals surface area contributed by atoms with E-state index in [4.69, 9.17) is 0 Å². The van der Waals surface area contributed by atoms with Gasteiger partial charge < -0.3 is 20.5 Å². The molecule has 3 rings (SSSR count). The summed E-state index contributed by atoms with van der Waals surface area (Å²) in [6.07, 6.45) is 3.01. The second kappa shape index (κ2) is 9.55. The van der Waals surface area contributed by atoms with Crippen molar-refractivity contribution in [2.45, 2.75) is 13.0 Å². The molecular weight excluding hydrogens is 357 g/mol. The number of para-hydroxylation sites is 1. The van der Waals surface area contributed by atoms with Gasteiger partial charge in [0.2, 0.25) is 5.91 Å². The molecule has 1 amide bonds. The second-order valence-corrected chi connectivity index (χ2v) is 6.33. The molecule has 0 bridgehead atoms. The van der Waals surface area contributed by atoms with Gasteiger partial charge in [0.25, 0.3) is 0 Å². The average molecular weight is 381 g/mol. The maximum absolute atomic E-state index is 12.9. The van der Waals surface area contributed by atoms with Gasteiger partial charge in [-0.15, -0.1) is 0 Å². The number of guanidine groups is 1. The number of carbonyl (C=O) groups is 1. The highest BCUT2D eigenvalue weighted by atomic mass is 19.1. The van der Waals surface area contributed by atoms with Gasteiger partial charge in [0.15, 0.2) is 5.96 Å². The van der Waals surface area contributed by atoms with Crippen LogP contribution >= 0.6 is 0 Å². The van der Waals surface area contributed by atoms with E-state index in [-0.39, 0.29) is 18.3 Å². The van der Waals surface area contributed by atoms with Crippen molar-refractivity contribution < 1.29 is 9.18 Å². The number of fused-ring (bicyclic) bond motifs is 1. The van der Waals surface area contributed by atoms with Gasteiger partial charge in [0.05, 0.1) is 6.54 Å². The molecule has 28 heavy (non-hydrogen) atoms. The first kappa shape index (κ1) is 19.4. The van der Waals surface area contributed by atoms with Crippen LogP contribution in [0.1, 0.15) is 6.42 Å². The molecule has 7 heteroatoms. The van der Waals surface area contributed by atoms with Crippen molar-refractivity contribution in [2.75, 3.05) is 25.5 Å². The number of hydrogen-bond donors (Lipinski definition) is 3. The molecule has 0 aliphatic heterocycles. The van der Waals surface area contributed by atoms with Gasteiger partial charge in [0, 0.05) is 37.5 Å². The van der Waals surface area contributed by atoms with Crippen molar-refractivity contribution in [1.29, 1.82) is 0 Å². The molecule has 2 aromatic carbocycles. The van der Waals surface area contributed by atoms with Crippen molar-refractivity contribution in [2.24, 2.45) is 4.99 Å². The largest absolute Gasteiger partial charge is 0.356 e. The molecule has 3 N–H and O–H groups in total. The third-order valence-electron chi connectivity index (χ3n) is 4.32. The summed E-state index contributed by atoms with van der Waals surface area (Å²) in [5.74, 6) is -0.00590. The summed E-state index contributed by atoms with van der Waals surface area (Å²) in [6, 6.07) is 16.1. The Morgan fingerprint density at radius 2 is 1.86 bits per heavy atom. The predicted octanol–water partition coefficient (Wildman–Crippen LogP) is 2.97. The molecule has 0 unspecified atom stereocenters. The maximum Gasteiger partial charge on any atom is 0.243 e. The van der Waals surface area contributed by atoms with Gasteiger partial charge in [-0.3, -0.25) is 9.79 Å². The Labute approximate surface area is 163 Å². The van der Waals surface area contributed by atoms with Crippen molar-refractivity contribution in [1.82, 2.24) is 15.2 Å². The Bertz CT molecular complexity index is 949. The first-order chi connectivity index (χ1) is 13.7. The van der Waals surface area contributed by atoms with Gasteiger partial charge in [0.1, 0.15) is 5.82 Å². The van der Waals surface area contributed by atoms with Gasteiger partial charge in [-0.05, 0) is 48.2 Å². The lowest BCUT2D eigenvalue weighted by Crippen LogP contribution is -2.41. The second-order valence-electron chi connectivity index (χ2n) is 6.33. The molecule has 1 heterocycles. The minimum atomic E-state index is -0.339. The quantitative estimate of drug-likeness (QED) is 0.335. The van der Waals surface area contributed by atoms with E-state index < -0.39 is 0 Å². The molecule has 0 fully saturated rings. The highest BCUT2D eigenvalue weighted by Gasteiger charge is 2.05. The number of carbonyl (C=O) groups excluding carboxylic acids is 1. The van der Waals surface area contributed by atoms with Crippen molar-refractivity contribution in [3.05, 3.63) is 66.6 Å². The fraction of sp³-hybridized carbons (Fsp3) is 0.238. The normalized spacial score (nSPS) is 11.4. The number of amides is 1. The van der Waals surface area contributed by atoms with Gasteiger partial charge in [-0.25, -0.2) is 4.39 Å². The van der Waals surface area contributed by atoms with Crippen LogP contribution in [0.15, 0.2) is 65.8 Å². The third-order valence-corrected chi connectivity index (χ3v) is 4.32. The van der Waals surface area contributed by atoms with E-state index in [1.165, 1.54) is 35.2 Å². The molecule has 0 saturated heterocycles. The molecule has 0 aliphatic rings. The maximum atomic E-state index is 12.9. The number of hydrogen-bond acceptors (Lipinski definition) is 2. The van der Waals surface area contributed by atoms with E-state index in [0.29, 0.717) is 11.6 Å². The highest BCUT2D eigenvalue weighted by molar-refractivity contribution is 5.94. The van der Waals surface area contributed by atoms with Crippen LogP contribution in [0.25, 0.3) is 10.9 Å². The van der Waals surface area contributed by atoms with Gasteiger partial charge >= 0.3 is 0 Å². The zero-order valence-electron chi connectivity index (χ0n) is 15.8. The molecule has 6 nitrogen and oxygen atoms in total. The van der Waals surface area contributed by atoms with Crippen LogP contribution in [-0.2, 0) is 11.3 Å². The molecule has 146 valence electrons. The Balaban J connectivity index is 1.38. The SMILES string of the molecule is CN=C(NCCCn1ccc2ccccc21)NCC(=O)Nc1ccc(F)cc1. The molecular formula is C21H24FN5O. The summed E-state index contributed by atoms with van der Waals surface area (Å²) in [4.78, 5) is 16.1. The fourth-order valence-corrected chi connectivity index (χ4v) is 2.91. The minimum Gasteiger partial charge on any atom is -0.356 e. The number of nitrogens with zero attached hydrogens (tertiary/aromatic N) is 2. The van der Waals surface area contributed by atoms with Crippen LogP contribution in [0.2, 0.25) is 0 Å². The van der Waals surface area contributed by atoms with E-state index in [1.54, 1.807) is 7.05 Å². The van der Waals surface area contributed by atoms with Crippen molar-refractivity contribution in [3.8, 4) is 0 Å². The lowest BCUT2D eigenvalue weighted by atomic mass is 10.2. The number of halogens is 1. The molecule has 0 atom stereocenters. The Morgan fingerprint density at radius 3 is 2.64 bits per heavy atom. The monoisotopic (exact) mass is 381 g/mol. The van der Waals surface area contributed by atoms with Crippen LogP contribution in [0.5, 0.6) is 0 Å². The third kappa shape index (κ3) is 5.33. The van der Waals surface area contributed by atoms with Gasteiger partial charge in [-0.2, -0.15) is 0 Å². The standard InChI is InChI=1S/C21H24FN5O/c1-23-21(25-15-20(28)26-18-9-7-17(22)8-10-18)24-12-4-13-27-14-11-16-5-2-3-6-19(16)27/h2-3,5-11,14H,4,12-13,15H2,1H3,(H,26,28)(H2,23,24,25). The summed E-state index contributed by atoms with van der Waals surface area (Å²) in [5.41, 5.74) is 1.78. The molecule has 3 aromatic rings. The summed E-state index contributed by atoms with van der Waals surface area (Å²) in [5, 5.41) is 10.1. The Kier molecular flexibility index (Phi) is 6.62. The lowest BCUT2D eigenvalue weighted by molar-refractivity contribution is -0.115. The van der Waals surface area contributed by atoms with Crippen LogP contribution in [0, 0.1) is 5.82 Å². The first-order valence-electron chi connectivity index (χ1n) is 9.19. The zero-order valence-corrected chi connectivity index (χ0v) is 15.8. The average Bonchev–Trinajstić information content (AvgIpc) is 3.12. The molecule has 0 aliphatic carbocycles. The summed E-state index contributed by atoms with van der Waals surface area (Å²) < 4.78 is 15.1. The molecule has 1 aromatic heterocycles. The van der Waals surface area contributed by atoms with E-state index in [9.17, 15) is 9.18 Å². The van der Waals surface area contributed by atoms with Crippen LogP contribution in [0.3, 0.4) is 0 Å². The van der Waals surface area contributed by atoms with Crippen LogP contribution in [0.4, 0.5) is 10.1 Å². The van der Waals surface area contributed by atoms with Crippen molar-refractivity contribution in [3.63, 3.8) is 0 Å². The van der Waals surface area contributed by atoms with Gasteiger partial charge in [-0.1, -0.05) is 18.2 Å². The predicted molar refractivity (Wildman–Crippen MR) is 111 cm³/mol. The number of nitrogens with one attached hydrogen (secondary N) is 3. The van der Waals surface area contributed by atoms with E-state index >= 15 is 0 Å². The van der Waals surface area contributed by atoms with Crippen LogP contribution in [-0.4, -0.2) is 36.6 Å². The van der Waals surface area contributed by atoms with Crippen molar-refractivity contribution >= 4 is 28.5 Å². The number of aromatic nitrogens is 1. The zero-order chi connectivity index (χ0) is 19.8. The van der Waals surface area contributed by atoms with Crippen LogP contribution < -0.4 is 16.0 Å². The minimum absolute atomic E-state index is 0.0687. The molecule has 0 radical (unpaired) electrons. The molecule has 0 spiro atoms. The Morgan fingerprint density at radius 1 is 1.07 bits per heavy atom. The summed E-state index contributed by atoms with van der Waals surface area (Å²) >= 11 is 0. The number of benzene rings is 2. The van der Waals surface area contributed by atoms with E-state index in [0.717, 1.165) is 19.5 Å². The summed E-state index contributed by atoms with van der Waals surface area (Å²) in [7, 11) is 1.66. The van der Waals surface area contributed by atoms with E-state index in [2.05, 4.69) is 49.9 Å². The lowest BCUT2D eigenvalue weighted by Gasteiger charge is -2.12. The number of aryl methyl sites for hydroxylation is 1. The summed E-state index contributed by atoms with van der Waals surface area (Å²) in [6.45, 7) is 1.69. The topological polar surface area (TPSA) is 70.5 Å². The Hall–Kier alpha value is -3.35.